The second kappa shape index (κ2) is 4.41. The maximum absolute atomic E-state index is 4.31. The van der Waals surface area contributed by atoms with Crippen LogP contribution in [0.4, 0.5) is 0 Å². The van der Waals surface area contributed by atoms with E-state index in [9.17, 15) is 0 Å². The highest BCUT2D eigenvalue weighted by Gasteiger charge is 2.31. The molecule has 0 amide bonds. The molecule has 0 bridgehead atoms. The van der Waals surface area contributed by atoms with Crippen molar-refractivity contribution in [3.8, 4) is 0 Å². The fraction of sp³-hybridized carbons (Fsp3) is 0.833. The van der Waals surface area contributed by atoms with Crippen LogP contribution < -0.4 is 5.32 Å². The van der Waals surface area contributed by atoms with Crippen molar-refractivity contribution in [1.82, 2.24) is 14.9 Å². The highest BCUT2D eigenvalue weighted by molar-refractivity contribution is 7.05. The first-order chi connectivity index (χ1) is 7.52. The summed E-state index contributed by atoms with van der Waals surface area (Å²) in [5, 5.41) is 7.73. The van der Waals surface area contributed by atoms with Crippen LogP contribution in [-0.2, 0) is 5.41 Å². The van der Waals surface area contributed by atoms with Gasteiger partial charge in [-0.15, -0.1) is 5.10 Å². The van der Waals surface area contributed by atoms with Crippen LogP contribution >= 0.6 is 11.5 Å². The summed E-state index contributed by atoms with van der Waals surface area (Å²) in [5.74, 6) is 0.923. The van der Waals surface area contributed by atoms with E-state index in [1.54, 1.807) is 11.5 Å². The van der Waals surface area contributed by atoms with Gasteiger partial charge in [0.1, 0.15) is 0 Å². The van der Waals surface area contributed by atoms with Crippen LogP contribution in [0, 0.1) is 5.92 Å². The average molecular weight is 239 g/mol. The number of rotatable bonds is 4. The molecule has 90 valence electrons. The zero-order chi connectivity index (χ0) is 11.8. The third-order valence-electron chi connectivity index (χ3n) is 3.15. The van der Waals surface area contributed by atoms with Gasteiger partial charge in [-0.25, -0.2) is 0 Å². The Morgan fingerprint density at radius 3 is 2.62 bits per heavy atom. The summed E-state index contributed by atoms with van der Waals surface area (Å²) < 4.78 is 4.14. The summed E-state index contributed by atoms with van der Waals surface area (Å²) in [6.07, 6.45) is 4.04. The summed E-state index contributed by atoms with van der Waals surface area (Å²) in [6.45, 7) is 6.62. The zero-order valence-electron chi connectivity index (χ0n) is 10.6. The van der Waals surface area contributed by atoms with E-state index >= 15 is 0 Å². The molecule has 0 spiro atoms. The molecule has 1 unspecified atom stereocenters. The van der Waals surface area contributed by atoms with E-state index in [2.05, 4.69) is 35.7 Å². The minimum Gasteiger partial charge on any atom is -0.312 e. The minimum atomic E-state index is 0.0982. The molecule has 1 aliphatic carbocycles. The van der Waals surface area contributed by atoms with Gasteiger partial charge in [-0.1, -0.05) is 38.1 Å². The lowest BCUT2D eigenvalue weighted by atomic mass is 9.89. The van der Waals surface area contributed by atoms with E-state index < -0.39 is 0 Å². The Morgan fingerprint density at radius 1 is 1.44 bits per heavy atom. The van der Waals surface area contributed by atoms with Crippen molar-refractivity contribution < 1.29 is 0 Å². The van der Waals surface area contributed by atoms with Crippen molar-refractivity contribution in [3.63, 3.8) is 0 Å². The quantitative estimate of drug-likeness (QED) is 0.878. The Balaban J connectivity index is 2.19. The maximum Gasteiger partial charge on any atom is 0.0857 e. The van der Waals surface area contributed by atoms with Crippen LogP contribution in [0.15, 0.2) is 0 Å². The van der Waals surface area contributed by atoms with Crippen molar-refractivity contribution in [1.29, 1.82) is 0 Å². The molecule has 2 rings (SSSR count). The van der Waals surface area contributed by atoms with Gasteiger partial charge in [-0.3, -0.25) is 0 Å². The summed E-state index contributed by atoms with van der Waals surface area (Å²) in [7, 11) is 2.04. The number of nitrogens with zero attached hydrogens (tertiary/aromatic N) is 2. The highest BCUT2D eigenvalue weighted by atomic mass is 32.1. The van der Waals surface area contributed by atoms with Gasteiger partial charge in [0.05, 0.1) is 10.6 Å². The van der Waals surface area contributed by atoms with Gasteiger partial charge in [0, 0.05) is 11.5 Å². The molecule has 1 aliphatic rings. The van der Waals surface area contributed by atoms with E-state index in [4.69, 9.17) is 0 Å². The largest absolute Gasteiger partial charge is 0.312 e. The van der Waals surface area contributed by atoms with E-state index in [1.165, 1.54) is 24.1 Å². The van der Waals surface area contributed by atoms with Gasteiger partial charge in [-0.05, 0) is 30.9 Å². The monoisotopic (exact) mass is 239 g/mol. The van der Waals surface area contributed by atoms with Crippen LogP contribution in [0.1, 0.15) is 56.6 Å². The third kappa shape index (κ3) is 2.61. The van der Waals surface area contributed by atoms with Gasteiger partial charge >= 0.3 is 0 Å². The van der Waals surface area contributed by atoms with Crippen LogP contribution in [0.25, 0.3) is 0 Å². The summed E-state index contributed by atoms with van der Waals surface area (Å²) in [5.41, 5.74) is 1.26. The van der Waals surface area contributed by atoms with Crippen molar-refractivity contribution >= 4 is 11.5 Å². The normalized spacial score (nSPS) is 18.8. The second-order valence-electron chi connectivity index (χ2n) is 5.76. The lowest BCUT2D eigenvalue weighted by molar-refractivity contribution is 0.494. The fourth-order valence-electron chi connectivity index (χ4n) is 1.99. The molecule has 4 heteroatoms. The SMILES string of the molecule is CNC(CC1CC1)c1snnc1C(C)(C)C. The van der Waals surface area contributed by atoms with Gasteiger partial charge in [-0.2, -0.15) is 0 Å². The average Bonchev–Trinajstić information content (AvgIpc) is 2.87. The lowest BCUT2D eigenvalue weighted by Crippen LogP contribution is -2.22. The summed E-state index contributed by atoms with van der Waals surface area (Å²) in [4.78, 5) is 1.34. The zero-order valence-corrected chi connectivity index (χ0v) is 11.4. The Morgan fingerprint density at radius 2 is 2.12 bits per heavy atom. The second-order valence-corrected chi connectivity index (χ2v) is 6.54. The Labute approximate surface area is 102 Å². The van der Waals surface area contributed by atoms with Crippen LogP contribution in [0.3, 0.4) is 0 Å². The van der Waals surface area contributed by atoms with Crippen LogP contribution in [0.2, 0.25) is 0 Å². The molecule has 1 heterocycles. The van der Waals surface area contributed by atoms with Crippen LogP contribution in [0.5, 0.6) is 0 Å². The summed E-state index contributed by atoms with van der Waals surface area (Å²) in [6, 6.07) is 0.446. The van der Waals surface area contributed by atoms with Crippen molar-refractivity contribution in [2.24, 2.45) is 5.92 Å². The topological polar surface area (TPSA) is 37.8 Å². The van der Waals surface area contributed by atoms with Crippen molar-refractivity contribution in [3.05, 3.63) is 10.6 Å². The molecule has 0 saturated heterocycles. The predicted molar refractivity (Wildman–Crippen MR) is 67.8 cm³/mol. The highest BCUT2D eigenvalue weighted by Crippen LogP contribution is 2.40. The molecule has 0 aromatic carbocycles. The van der Waals surface area contributed by atoms with E-state index in [1.807, 2.05) is 7.05 Å². The smallest absolute Gasteiger partial charge is 0.0857 e. The molecular formula is C12H21N3S. The molecule has 16 heavy (non-hydrogen) atoms. The fourth-order valence-corrected chi connectivity index (χ4v) is 2.97. The first kappa shape index (κ1) is 12.0. The van der Waals surface area contributed by atoms with Crippen LogP contribution in [-0.4, -0.2) is 16.6 Å². The Hall–Kier alpha value is -0.480. The first-order valence-corrected chi connectivity index (χ1v) is 6.79. The molecule has 0 aliphatic heterocycles. The summed E-state index contributed by atoms with van der Waals surface area (Å²) >= 11 is 1.56. The number of aromatic nitrogens is 2. The molecular weight excluding hydrogens is 218 g/mol. The predicted octanol–water partition coefficient (Wildman–Crippen LogP) is 2.90. The van der Waals surface area contributed by atoms with Gasteiger partial charge in [0.2, 0.25) is 0 Å². The molecule has 1 atom stereocenters. The van der Waals surface area contributed by atoms with E-state index in [0.717, 1.165) is 11.6 Å². The molecule has 1 aromatic heterocycles. The van der Waals surface area contributed by atoms with Gasteiger partial charge < -0.3 is 5.32 Å². The van der Waals surface area contributed by atoms with Gasteiger partial charge in [0.15, 0.2) is 0 Å². The molecule has 0 radical (unpaired) electrons. The Bertz CT molecular complexity index is 349. The van der Waals surface area contributed by atoms with E-state index in [0.29, 0.717) is 6.04 Å². The van der Waals surface area contributed by atoms with Crippen molar-refractivity contribution in [2.45, 2.75) is 51.5 Å². The molecule has 1 N–H and O–H groups in total. The molecule has 3 nitrogen and oxygen atoms in total. The molecule has 1 saturated carbocycles. The lowest BCUT2D eigenvalue weighted by Gasteiger charge is -2.21. The molecule has 1 fully saturated rings. The van der Waals surface area contributed by atoms with Gasteiger partial charge in [0.25, 0.3) is 0 Å². The third-order valence-corrected chi connectivity index (χ3v) is 3.99. The first-order valence-electron chi connectivity index (χ1n) is 6.02. The maximum atomic E-state index is 4.31. The standard InChI is InChI=1S/C12H21N3S/c1-12(2,3)11-10(16-15-14-11)9(13-4)7-8-5-6-8/h8-9,13H,5-7H2,1-4H3. The van der Waals surface area contributed by atoms with Crippen molar-refractivity contribution in [2.75, 3.05) is 7.05 Å². The van der Waals surface area contributed by atoms with E-state index in [-0.39, 0.29) is 5.41 Å². The number of hydrogen-bond acceptors (Lipinski definition) is 4. The number of hydrogen-bond donors (Lipinski definition) is 1. The Kier molecular flexibility index (Phi) is 3.31. The minimum absolute atomic E-state index is 0.0982. The number of nitrogens with one attached hydrogen (secondary N) is 1. The molecule has 1 aromatic rings.